The first-order valence-electron chi connectivity index (χ1n) is 12.4. The third-order valence-corrected chi connectivity index (χ3v) is 6.85. The van der Waals surface area contributed by atoms with Crippen molar-refractivity contribution < 1.29 is 18.9 Å². The Morgan fingerprint density at radius 3 is 2.55 bits per heavy atom. The van der Waals surface area contributed by atoms with Gasteiger partial charge in [-0.15, -0.1) is 0 Å². The summed E-state index contributed by atoms with van der Waals surface area (Å²) in [5.41, 5.74) is 2.07. The molecule has 0 amide bonds. The molecular formula is C27H31Cl2N5O4. The number of hydrogen-bond acceptors (Lipinski definition) is 9. The molecule has 4 rings (SSSR count). The molecule has 1 saturated heterocycles. The van der Waals surface area contributed by atoms with E-state index in [9.17, 15) is 5.26 Å². The van der Waals surface area contributed by atoms with Crippen LogP contribution in [0, 0.1) is 11.3 Å². The minimum Gasteiger partial charge on any atom is -0.495 e. The largest absolute Gasteiger partial charge is 0.495 e. The lowest BCUT2D eigenvalue weighted by molar-refractivity contribution is 0.0384. The van der Waals surface area contributed by atoms with E-state index in [0.717, 1.165) is 52.4 Å². The van der Waals surface area contributed by atoms with Crippen molar-refractivity contribution in [2.45, 2.75) is 6.42 Å². The second kappa shape index (κ2) is 13.7. The Hall–Kier alpha value is -3.00. The Labute approximate surface area is 232 Å². The zero-order chi connectivity index (χ0) is 26.9. The molecular weight excluding hydrogens is 529 g/mol. The van der Waals surface area contributed by atoms with Gasteiger partial charge in [0.05, 0.1) is 66.5 Å². The van der Waals surface area contributed by atoms with Crippen LogP contribution in [0.25, 0.3) is 10.9 Å². The molecule has 2 heterocycles. The van der Waals surface area contributed by atoms with Gasteiger partial charge in [-0.3, -0.25) is 9.88 Å². The molecule has 1 aliphatic heterocycles. The number of nitriles is 1. The lowest BCUT2D eigenvalue weighted by Gasteiger charge is -2.26. The smallest absolute Gasteiger partial charge is 0.163 e. The molecule has 0 unspecified atom stereocenters. The van der Waals surface area contributed by atoms with Gasteiger partial charge in [0.15, 0.2) is 11.5 Å². The minimum atomic E-state index is 0.348. The molecule has 202 valence electrons. The lowest BCUT2D eigenvalue weighted by atomic mass is 10.1. The van der Waals surface area contributed by atoms with Crippen LogP contribution in [0.5, 0.6) is 17.2 Å². The highest BCUT2D eigenvalue weighted by Gasteiger charge is 2.17. The van der Waals surface area contributed by atoms with Crippen molar-refractivity contribution in [1.82, 2.24) is 15.2 Å². The van der Waals surface area contributed by atoms with Gasteiger partial charge in [0.25, 0.3) is 0 Å². The Kier molecular flexibility index (Phi) is 10.1. The zero-order valence-corrected chi connectivity index (χ0v) is 23.0. The molecule has 2 aromatic carbocycles. The number of hydrogen-bond donors (Lipinski definition) is 2. The van der Waals surface area contributed by atoms with Gasteiger partial charge in [0.1, 0.15) is 11.8 Å². The second-order valence-electron chi connectivity index (χ2n) is 8.68. The van der Waals surface area contributed by atoms with E-state index in [0.29, 0.717) is 61.7 Å². The topological polar surface area (TPSA) is 101 Å². The van der Waals surface area contributed by atoms with Gasteiger partial charge in [-0.25, -0.2) is 0 Å². The normalized spacial score (nSPS) is 13.8. The van der Waals surface area contributed by atoms with E-state index >= 15 is 0 Å². The van der Waals surface area contributed by atoms with Crippen LogP contribution in [-0.2, 0) is 4.74 Å². The number of fused-ring (bicyclic) bond motifs is 1. The van der Waals surface area contributed by atoms with Gasteiger partial charge in [0, 0.05) is 49.9 Å². The number of rotatable bonds is 12. The predicted molar refractivity (Wildman–Crippen MR) is 150 cm³/mol. The van der Waals surface area contributed by atoms with Crippen molar-refractivity contribution in [2.75, 3.05) is 72.1 Å². The van der Waals surface area contributed by atoms with Crippen LogP contribution in [0.1, 0.15) is 12.0 Å². The minimum absolute atomic E-state index is 0.348. The summed E-state index contributed by atoms with van der Waals surface area (Å²) in [5, 5.41) is 17.9. The number of ether oxygens (including phenoxy) is 4. The van der Waals surface area contributed by atoms with Crippen molar-refractivity contribution >= 4 is 45.5 Å². The van der Waals surface area contributed by atoms with Crippen LogP contribution in [0.3, 0.4) is 0 Å². The number of morpholine rings is 1. The Balaban J connectivity index is 1.45. The Morgan fingerprint density at radius 1 is 1.03 bits per heavy atom. The van der Waals surface area contributed by atoms with Crippen molar-refractivity contribution in [3.05, 3.63) is 46.1 Å². The molecule has 11 heteroatoms. The SMILES string of the molecule is COc1cc(Nc2c(C#N)cnc3cc(OCCCNCCN4CCOCC4)c(OC)cc23)c(Cl)cc1Cl. The number of aromatic nitrogens is 1. The number of methoxy groups -OCH3 is 2. The monoisotopic (exact) mass is 559 g/mol. The number of halogens is 2. The Morgan fingerprint density at radius 2 is 1.82 bits per heavy atom. The number of benzene rings is 2. The van der Waals surface area contributed by atoms with Crippen LogP contribution in [0.15, 0.2) is 30.5 Å². The fourth-order valence-corrected chi connectivity index (χ4v) is 4.68. The van der Waals surface area contributed by atoms with E-state index < -0.39 is 0 Å². The maximum absolute atomic E-state index is 9.75. The zero-order valence-electron chi connectivity index (χ0n) is 21.5. The average Bonchev–Trinajstić information content (AvgIpc) is 2.94. The van der Waals surface area contributed by atoms with Gasteiger partial charge in [0.2, 0.25) is 0 Å². The summed E-state index contributed by atoms with van der Waals surface area (Å²) in [6, 6.07) is 9.08. The Bertz CT molecular complexity index is 1290. The molecule has 1 aliphatic rings. The molecule has 1 aromatic heterocycles. The van der Waals surface area contributed by atoms with Crippen LogP contribution in [-0.4, -0.2) is 76.6 Å². The molecule has 0 atom stereocenters. The molecule has 2 N–H and O–H groups in total. The van der Waals surface area contributed by atoms with Crippen LogP contribution < -0.4 is 24.8 Å². The number of nitrogens with one attached hydrogen (secondary N) is 2. The first-order valence-corrected chi connectivity index (χ1v) is 13.1. The fraction of sp³-hybridized carbons (Fsp3) is 0.407. The van der Waals surface area contributed by atoms with E-state index in [-0.39, 0.29) is 0 Å². The van der Waals surface area contributed by atoms with E-state index in [4.69, 9.17) is 42.1 Å². The summed E-state index contributed by atoms with van der Waals surface area (Å²) in [4.78, 5) is 6.87. The number of anilines is 2. The standard InChI is InChI=1S/C27H31Cl2N5O4/c1-35-24-15-23(20(28)13-21(24)29)33-27-18(16-30)17-32-22-14-26(25(36-2)12-19(22)27)38-9-3-4-31-5-6-34-7-10-37-11-8-34/h12-15,17,31H,3-11H2,1-2H3,(H,32,33). The summed E-state index contributed by atoms with van der Waals surface area (Å²) >= 11 is 12.6. The predicted octanol–water partition coefficient (Wildman–Crippen LogP) is 4.86. The average molecular weight is 560 g/mol. The van der Waals surface area contributed by atoms with Crippen molar-refractivity contribution in [2.24, 2.45) is 0 Å². The summed E-state index contributed by atoms with van der Waals surface area (Å²) in [6.07, 6.45) is 2.36. The number of nitrogens with zero attached hydrogens (tertiary/aromatic N) is 3. The molecule has 0 aliphatic carbocycles. The van der Waals surface area contributed by atoms with Crippen LogP contribution in [0.4, 0.5) is 11.4 Å². The summed E-state index contributed by atoms with van der Waals surface area (Å²) in [5.74, 6) is 1.58. The quantitative estimate of drug-likeness (QED) is 0.301. The van der Waals surface area contributed by atoms with Gasteiger partial charge < -0.3 is 29.6 Å². The highest BCUT2D eigenvalue weighted by molar-refractivity contribution is 6.37. The van der Waals surface area contributed by atoms with E-state index in [1.54, 1.807) is 19.2 Å². The molecule has 38 heavy (non-hydrogen) atoms. The summed E-state index contributed by atoms with van der Waals surface area (Å²) in [6.45, 7) is 6.94. The molecule has 9 nitrogen and oxygen atoms in total. The maximum Gasteiger partial charge on any atom is 0.163 e. The third-order valence-electron chi connectivity index (χ3n) is 6.24. The maximum atomic E-state index is 9.75. The third kappa shape index (κ3) is 6.90. The number of pyridine rings is 1. The van der Waals surface area contributed by atoms with Gasteiger partial charge in [-0.1, -0.05) is 23.2 Å². The first-order chi connectivity index (χ1) is 18.5. The van der Waals surface area contributed by atoms with Gasteiger partial charge in [-0.2, -0.15) is 5.26 Å². The van der Waals surface area contributed by atoms with E-state index in [1.807, 2.05) is 12.1 Å². The van der Waals surface area contributed by atoms with Crippen molar-refractivity contribution in [3.63, 3.8) is 0 Å². The molecule has 0 saturated carbocycles. The van der Waals surface area contributed by atoms with E-state index in [1.165, 1.54) is 13.3 Å². The molecule has 3 aromatic rings. The lowest BCUT2D eigenvalue weighted by Crippen LogP contribution is -2.40. The molecule has 0 spiro atoms. The highest BCUT2D eigenvalue weighted by Crippen LogP contribution is 2.40. The molecule has 0 radical (unpaired) electrons. The van der Waals surface area contributed by atoms with Gasteiger partial charge >= 0.3 is 0 Å². The fourth-order valence-electron chi connectivity index (χ4n) is 4.17. The van der Waals surface area contributed by atoms with Gasteiger partial charge in [-0.05, 0) is 25.1 Å². The highest BCUT2D eigenvalue weighted by atomic mass is 35.5. The summed E-state index contributed by atoms with van der Waals surface area (Å²) < 4.78 is 22.4. The van der Waals surface area contributed by atoms with E-state index in [2.05, 4.69) is 26.6 Å². The van der Waals surface area contributed by atoms with Crippen molar-refractivity contribution in [3.8, 4) is 23.3 Å². The molecule has 1 fully saturated rings. The molecule has 0 bridgehead atoms. The first kappa shape index (κ1) is 28.0. The second-order valence-corrected chi connectivity index (χ2v) is 9.49. The summed E-state index contributed by atoms with van der Waals surface area (Å²) in [7, 11) is 3.10. The van der Waals surface area contributed by atoms with Crippen LogP contribution in [0.2, 0.25) is 10.0 Å². The van der Waals surface area contributed by atoms with Crippen LogP contribution >= 0.6 is 23.2 Å². The van der Waals surface area contributed by atoms with Crippen molar-refractivity contribution in [1.29, 1.82) is 5.26 Å².